The van der Waals surface area contributed by atoms with E-state index in [1.807, 2.05) is 36.4 Å². The third-order valence-electron chi connectivity index (χ3n) is 7.10. The number of phenolic OH excluding ortho intramolecular Hbond substituents is 1. The number of hydrogen-bond acceptors (Lipinski definition) is 6. The van der Waals surface area contributed by atoms with Gasteiger partial charge in [0.2, 0.25) is 0 Å². The first-order chi connectivity index (χ1) is 17.2. The smallest absolute Gasteiger partial charge is 0.160 e. The number of nitrogens with zero attached hydrogens (tertiary/aromatic N) is 1. The maximum absolute atomic E-state index is 10.3. The molecule has 184 valence electrons. The fourth-order valence-corrected chi connectivity index (χ4v) is 5.26. The lowest BCUT2D eigenvalue weighted by Gasteiger charge is -2.35. The first-order valence-electron chi connectivity index (χ1n) is 12.3. The number of likely N-dealkylation sites (tertiary alicyclic amines) is 1. The van der Waals surface area contributed by atoms with Gasteiger partial charge in [-0.1, -0.05) is 18.2 Å². The molecule has 1 fully saturated rings. The van der Waals surface area contributed by atoms with E-state index < -0.39 is 0 Å². The van der Waals surface area contributed by atoms with Gasteiger partial charge in [0.25, 0.3) is 0 Å². The van der Waals surface area contributed by atoms with Crippen LogP contribution in [-0.4, -0.2) is 57.1 Å². The van der Waals surface area contributed by atoms with E-state index in [4.69, 9.17) is 18.9 Å². The van der Waals surface area contributed by atoms with Crippen LogP contribution in [0.4, 0.5) is 0 Å². The molecule has 6 nitrogen and oxygen atoms in total. The van der Waals surface area contributed by atoms with Crippen LogP contribution in [0.15, 0.2) is 60.7 Å². The van der Waals surface area contributed by atoms with Gasteiger partial charge in [0.05, 0.1) is 20.8 Å². The molecular weight excluding hydrogens is 442 g/mol. The normalized spacial score (nSPS) is 19.6. The third-order valence-corrected chi connectivity index (χ3v) is 7.10. The quantitative estimate of drug-likeness (QED) is 0.484. The molecule has 0 aliphatic carbocycles. The van der Waals surface area contributed by atoms with Gasteiger partial charge in [0.1, 0.15) is 23.9 Å². The highest BCUT2D eigenvalue weighted by Gasteiger charge is 2.34. The van der Waals surface area contributed by atoms with Gasteiger partial charge in [-0.3, -0.25) is 4.90 Å². The first kappa shape index (κ1) is 23.4. The van der Waals surface area contributed by atoms with Crippen molar-refractivity contribution in [1.82, 2.24) is 4.90 Å². The summed E-state index contributed by atoms with van der Waals surface area (Å²) in [4.78, 5) is 2.45. The number of benzene rings is 3. The minimum atomic E-state index is 0.00241. The fourth-order valence-electron chi connectivity index (χ4n) is 5.26. The fraction of sp³-hybridized carbons (Fsp3) is 0.379. The number of rotatable bonds is 8. The highest BCUT2D eigenvalue weighted by Crippen LogP contribution is 2.48. The number of aromatic hydroxyl groups is 1. The standard InChI is InChI=1S/C29H33NO5/c1-32-27-11-7-21(17-28(27)33-2)25-19-35-26-12-8-22(31)18-24(26)29(25)20-5-9-23(10-6-20)34-16-15-30-13-3-4-14-30/h5-12,17-18,25,29,31H,3-4,13-16,19H2,1-2H3/t25-,29?/m1/s1. The van der Waals surface area contributed by atoms with Gasteiger partial charge in [-0.15, -0.1) is 0 Å². The monoisotopic (exact) mass is 475 g/mol. The average molecular weight is 476 g/mol. The van der Waals surface area contributed by atoms with Crippen LogP contribution >= 0.6 is 0 Å². The van der Waals surface area contributed by atoms with Crippen LogP contribution in [0.3, 0.4) is 0 Å². The van der Waals surface area contributed by atoms with Crippen LogP contribution in [0.2, 0.25) is 0 Å². The van der Waals surface area contributed by atoms with Crippen molar-refractivity contribution in [1.29, 1.82) is 0 Å². The lowest BCUT2D eigenvalue weighted by Crippen LogP contribution is -2.25. The van der Waals surface area contributed by atoms with Crippen molar-refractivity contribution in [3.63, 3.8) is 0 Å². The zero-order valence-corrected chi connectivity index (χ0v) is 20.4. The number of fused-ring (bicyclic) bond motifs is 1. The summed E-state index contributed by atoms with van der Waals surface area (Å²) in [6, 6.07) is 19.7. The minimum absolute atomic E-state index is 0.00241. The van der Waals surface area contributed by atoms with E-state index in [1.54, 1.807) is 20.3 Å². The molecule has 0 radical (unpaired) electrons. The van der Waals surface area contributed by atoms with Crippen molar-refractivity contribution < 1.29 is 24.1 Å². The van der Waals surface area contributed by atoms with Crippen LogP contribution in [0.25, 0.3) is 0 Å². The van der Waals surface area contributed by atoms with Gasteiger partial charge < -0.3 is 24.1 Å². The Morgan fingerprint density at radius 2 is 1.63 bits per heavy atom. The Hall–Kier alpha value is -3.38. The second-order valence-electron chi connectivity index (χ2n) is 9.20. The first-order valence-corrected chi connectivity index (χ1v) is 12.3. The molecular formula is C29H33NO5. The molecule has 0 spiro atoms. The Kier molecular flexibility index (Phi) is 7.00. The summed E-state index contributed by atoms with van der Waals surface area (Å²) >= 11 is 0. The van der Waals surface area contributed by atoms with Gasteiger partial charge in [0.15, 0.2) is 11.5 Å². The molecule has 5 rings (SSSR count). The van der Waals surface area contributed by atoms with E-state index in [2.05, 4.69) is 23.1 Å². The summed E-state index contributed by atoms with van der Waals surface area (Å²) in [7, 11) is 3.28. The van der Waals surface area contributed by atoms with Crippen molar-refractivity contribution in [3.8, 4) is 28.7 Å². The Bertz CT molecular complexity index is 1140. The molecule has 1 unspecified atom stereocenters. The molecule has 3 aromatic carbocycles. The molecule has 0 bridgehead atoms. The summed E-state index contributed by atoms with van der Waals surface area (Å²) in [5.74, 6) is 3.32. The highest BCUT2D eigenvalue weighted by atomic mass is 16.5. The molecule has 6 heteroatoms. The summed E-state index contributed by atoms with van der Waals surface area (Å²) in [6.07, 6.45) is 2.58. The maximum atomic E-state index is 10.3. The van der Waals surface area contributed by atoms with E-state index in [-0.39, 0.29) is 17.6 Å². The zero-order valence-electron chi connectivity index (χ0n) is 20.4. The second kappa shape index (κ2) is 10.5. The molecule has 2 aliphatic heterocycles. The van der Waals surface area contributed by atoms with Crippen LogP contribution in [0.1, 0.15) is 41.4 Å². The lowest BCUT2D eigenvalue weighted by molar-refractivity contribution is 0.237. The molecule has 2 aliphatic rings. The lowest BCUT2D eigenvalue weighted by atomic mass is 9.75. The van der Waals surface area contributed by atoms with E-state index in [9.17, 15) is 5.11 Å². The van der Waals surface area contributed by atoms with Gasteiger partial charge in [-0.25, -0.2) is 0 Å². The van der Waals surface area contributed by atoms with Crippen LogP contribution in [-0.2, 0) is 0 Å². The van der Waals surface area contributed by atoms with Crippen LogP contribution in [0.5, 0.6) is 28.7 Å². The van der Waals surface area contributed by atoms with E-state index in [1.165, 1.54) is 25.9 Å². The molecule has 1 N–H and O–H groups in total. The van der Waals surface area contributed by atoms with Gasteiger partial charge >= 0.3 is 0 Å². The molecule has 3 aromatic rings. The predicted molar refractivity (Wildman–Crippen MR) is 135 cm³/mol. The number of phenols is 1. The van der Waals surface area contributed by atoms with Crippen molar-refractivity contribution >= 4 is 0 Å². The van der Waals surface area contributed by atoms with Crippen molar-refractivity contribution in [2.45, 2.75) is 24.7 Å². The molecule has 0 aromatic heterocycles. The predicted octanol–water partition coefficient (Wildman–Crippen LogP) is 5.19. The van der Waals surface area contributed by atoms with Crippen LogP contribution < -0.4 is 18.9 Å². The second-order valence-corrected chi connectivity index (χ2v) is 9.20. The van der Waals surface area contributed by atoms with Gasteiger partial charge in [0, 0.05) is 23.9 Å². The topological polar surface area (TPSA) is 60.4 Å². The zero-order chi connectivity index (χ0) is 24.2. The summed E-state index contributed by atoms with van der Waals surface area (Å²) in [5, 5.41) is 10.3. The SMILES string of the molecule is COc1ccc([C@H]2COc3ccc(O)cc3C2c2ccc(OCCN3CCCC3)cc2)cc1OC. The van der Waals surface area contributed by atoms with Crippen molar-refractivity contribution in [2.75, 3.05) is 47.1 Å². The Balaban J connectivity index is 1.43. The van der Waals surface area contributed by atoms with E-state index >= 15 is 0 Å². The number of hydrogen-bond donors (Lipinski definition) is 1. The molecule has 0 amide bonds. The van der Waals surface area contributed by atoms with Crippen molar-refractivity contribution in [3.05, 3.63) is 77.4 Å². The summed E-state index contributed by atoms with van der Waals surface area (Å²) in [6.45, 7) is 4.54. The van der Waals surface area contributed by atoms with Crippen molar-refractivity contribution in [2.24, 2.45) is 0 Å². The molecule has 35 heavy (non-hydrogen) atoms. The molecule has 1 saturated heterocycles. The molecule has 2 heterocycles. The largest absolute Gasteiger partial charge is 0.508 e. The van der Waals surface area contributed by atoms with Crippen LogP contribution in [0, 0.1) is 0 Å². The van der Waals surface area contributed by atoms with Gasteiger partial charge in [-0.05, 0) is 79.5 Å². The van der Waals surface area contributed by atoms with E-state index in [0.717, 1.165) is 34.7 Å². The Morgan fingerprint density at radius 3 is 2.37 bits per heavy atom. The third kappa shape index (κ3) is 5.03. The summed E-state index contributed by atoms with van der Waals surface area (Å²) < 4.78 is 23.2. The molecule has 2 atom stereocenters. The number of methoxy groups -OCH3 is 2. The Morgan fingerprint density at radius 1 is 0.886 bits per heavy atom. The van der Waals surface area contributed by atoms with Gasteiger partial charge in [-0.2, -0.15) is 0 Å². The van der Waals surface area contributed by atoms with E-state index in [0.29, 0.717) is 24.7 Å². The average Bonchev–Trinajstić information content (AvgIpc) is 3.41. The molecule has 0 saturated carbocycles. The summed E-state index contributed by atoms with van der Waals surface area (Å²) in [5.41, 5.74) is 3.21. The Labute approximate surface area is 207 Å². The minimum Gasteiger partial charge on any atom is -0.508 e. The highest BCUT2D eigenvalue weighted by molar-refractivity contribution is 5.52. The maximum Gasteiger partial charge on any atom is 0.160 e. The number of ether oxygens (including phenoxy) is 4.